The van der Waals surface area contributed by atoms with E-state index >= 15 is 0 Å². The van der Waals surface area contributed by atoms with E-state index in [9.17, 15) is 5.11 Å². The van der Waals surface area contributed by atoms with Gasteiger partial charge in [-0.05, 0) is 25.1 Å². The van der Waals surface area contributed by atoms with E-state index in [1.165, 1.54) is 5.56 Å². The number of nitrogens with one attached hydrogen (secondary N) is 2. The Morgan fingerprint density at radius 3 is 3.15 bits per heavy atom. The predicted octanol–water partition coefficient (Wildman–Crippen LogP) is 1.47. The summed E-state index contributed by atoms with van der Waals surface area (Å²) in [5.41, 5.74) is 2.29. The third-order valence-electron chi connectivity index (χ3n) is 2.51. The van der Waals surface area contributed by atoms with Crippen LogP contribution in [0, 0.1) is 0 Å². The molecule has 1 heterocycles. The first kappa shape index (κ1) is 8.38. The van der Waals surface area contributed by atoms with E-state index in [0.717, 1.165) is 18.7 Å². The average molecular weight is 178 g/mol. The molecule has 1 unspecified atom stereocenters. The molecule has 1 aliphatic rings. The summed E-state index contributed by atoms with van der Waals surface area (Å²) < 4.78 is 0. The fraction of sp³-hybridized carbons (Fsp3) is 0.400. The molecule has 1 aromatic carbocycles. The lowest BCUT2D eigenvalue weighted by atomic mass is 9.98. The van der Waals surface area contributed by atoms with E-state index in [-0.39, 0.29) is 0 Å². The Kier molecular flexibility index (Phi) is 2.10. The molecule has 1 aromatic rings. The molecule has 0 saturated carbocycles. The van der Waals surface area contributed by atoms with Gasteiger partial charge in [-0.3, -0.25) is 0 Å². The number of phenolic OH excluding ortho intramolecular Hbond substituents is 1. The molecule has 0 saturated heterocycles. The monoisotopic (exact) mass is 178 g/mol. The molecule has 3 nitrogen and oxygen atoms in total. The molecule has 1 atom stereocenters. The van der Waals surface area contributed by atoms with E-state index in [4.69, 9.17) is 0 Å². The maximum absolute atomic E-state index is 9.29. The lowest BCUT2D eigenvalue weighted by Gasteiger charge is -2.26. The Hall–Kier alpha value is -1.22. The van der Waals surface area contributed by atoms with Crippen LogP contribution in [0.3, 0.4) is 0 Å². The van der Waals surface area contributed by atoms with Crippen molar-refractivity contribution >= 4 is 5.69 Å². The first-order chi connectivity index (χ1) is 6.31. The van der Waals surface area contributed by atoms with Crippen molar-refractivity contribution in [1.29, 1.82) is 0 Å². The highest BCUT2D eigenvalue weighted by Crippen LogP contribution is 2.31. The van der Waals surface area contributed by atoms with Gasteiger partial charge in [-0.2, -0.15) is 0 Å². The number of aromatic hydroxyl groups is 1. The molecular formula is C10H14N2O. The normalized spacial score (nSPS) is 20.5. The van der Waals surface area contributed by atoms with Gasteiger partial charge in [0.1, 0.15) is 5.75 Å². The summed E-state index contributed by atoms with van der Waals surface area (Å²) in [4.78, 5) is 0. The molecular weight excluding hydrogens is 164 g/mol. The molecule has 13 heavy (non-hydrogen) atoms. The summed E-state index contributed by atoms with van der Waals surface area (Å²) in [6.07, 6.45) is 1.09. The summed E-state index contributed by atoms with van der Waals surface area (Å²) in [7, 11) is 1.96. The minimum absolute atomic E-state index is 0.322. The molecule has 70 valence electrons. The van der Waals surface area contributed by atoms with Gasteiger partial charge in [0.25, 0.3) is 0 Å². The molecule has 0 fully saturated rings. The average Bonchev–Trinajstić information content (AvgIpc) is 2.16. The number of anilines is 1. The number of phenols is 1. The van der Waals surface area contributed by atoms with Crippen LogP contribution in [-0.4, -0.2) is 18.7 Å². The van der Waals surface area contributed by atoms with Crippen LogP contribution in [0.15, 0.2) is 18.2 Å². The predicted molar refractivity (Wildman–Crippen MR) is 53.0 cm³/mol. The fourth-order valence-corrected chi connectivity index (χ4v) is 1.81. The van der Waals surface area contributed by atoms with E-state index in [1.807, 2.05) is 13.1 Å². The van der Waals surface area contributed by atoms with Crippen molar-refractivity contribution in [2.45, 2.75) is 12.5 Å². The highest BCUT2D eigenvalue weighted by Gasteiger charge is 2.17. The molecule has 0 aliphatic carbocycles. The van der Waals surface area contributed by atoms with Crippen molar-refractivity contribution in [3.8, 4) is 5.75 Å². The van der Waals surface area contributed by atoms with E-state index in [2.05, 4.69) is 10.6 Å². The van der Waals surface area contributed by atoms with Gasteiger partial charge >= 0.3 is 0 Å². The van der Waals surface area contributed by atoms with Crippen LogP contribution in [-0.2, 0) is 0 Å². The first-order valence-electron chi connectivity index (χ1n) is 4.55. The van der Waals surface area contributed by atoms with Crippen molar-refractivity contribution in [2.24, 2.45) is 0 Å². The lowest BCUT2D eigenvalue weighted by Crippen LogP contribution is -2.25. The van der Waals surface area contributed by atoms with Crippen molar-refractivity contribution in [3.05, 3.63) is 23.8 Å². The van der Waals surface area contributed by atoms with E-state index in [0.29, 0.717) is 11.8 Å². The van der Waals surface area contributed by atoms with Gasteiger partial charge in [-0.1, -0.05) is 6.07 Å². The van der Waals surface area contributed by atoms with Crippen LogP contribution in [0.25, 0.3) is 0 Å². The van der Waals surface area contributed by atoms with Gasteiger partial charge in [-0.15, -0.1) is 0 Å². The van der Waals surface area contributed by atoms with E-state index < -0.39 is 0 Å². The quantitative estimate of drug-likeness (QED) is 0.610. The van der Waals surface area contributed by atoms with Crippen LogP contribution in [0.4, 0.5) is 5.69 Å². The molecule has 0 amide bonds. The number of benzene rings is 1. The van der Waals surface area contributed by atoms with Crippen LogP contribution in [0.5, 0.6) is 5.75 Å². The zero-order valence-corrected chi connectivity index (χ0v) is 7.67. The number of rotatable bonds is 1. The zero-order chi connectivity index (χ0) is 9.26. The summed E-state index contributed by atoms with van der Waals surface area (Å²) in [5.74, 6) is 0.322. The van der Waals surface area contributed by atoms with Gasteiger partial charge in [0, 0.05) is 24.3 Å². The van der Waals surface area contributed by atoms with Gasteiger partial charge in [0.2, 0.25) is 0 Å². The fourth-order valence-electron chi connectivity index (χ4n) is 1.81. The molecule has 1 aliphatic heterocycles. The lowest BCUT2D eigenvalue weighted by molar-refractivity contribution is 0.473. The second-order valence-corrected chi connectivity index (χ2v) is 3.33. The van der Waals surface area contributed by atoms with Crippen LogP contribution >= 0.6 is 0 Å². The van der Waals surface area contributed by atoms with Gasteiger partial charge in [-0.25, -0.2) is 0 Å². The third kappa shape index (κ3) is 1.47. The minimum atomic E-state index is 0.322. The molecule has 0 spiro atoms. The Morgan fingerprint density at radius 2 is 2.38 bits per heavy atom. The van der Waals surface area contributed by atoms with Crippen molar-refractivity contribution in [1.82, 2.24) is 5.32 Å². The standard InChI is InChI=1S/C10H14N2O/c1-11-9-4-5-12-10-6-7(13)2-3-8(9)10/h2-3,6,9,11-13H,4-5H2,1H3. The first-order valence-corrected chi connectivity index (χ1v) is 4.55. The number of hydrogen-bond acceptors (Lipinski definition) is 3. The molecule has 0 radical (unpaired) electrons. The Labute approximate surface area is 77.8 Å². The minimum Gasteiger partial charge on any atom is -0.508 e. The second kappa shape index (κ2) is 3.26. The van der Waals surface area contributed by atoms with Crippen molar-refractivity contribution in [2.75, 3.05) is 18.9 Å². The molecule has 3 heteroatoms. The Morgan fingerprint density at radius 1 is 1.54 bits per heavy atom. The number of fused-ring (bicyclic) bond motifs is 1. The summed E-state index contributed by atoms with van der Waals surface area (Å²) >= 11 is 0. The summed E-state index contributed by atoms with van der Waals surface area (Å²) in [6.45, 7) is 0.960. The Balaban J connectivity index is 2.40. The molecule has 0 aromatic heterocycles. The highest BCUT2D eigenvalue weighted by molar-refractivity contribution is 5.57. The maximum Gasteiger partial charge on any atom is 0.117 e. The van der Waals surface area contributed by atoms with Gasteiger partial charge in [0.15, 0.2) is 0 Å². The van der Waals surface area contributed by atoms with Gasteiger partial charge < -0.3 is 15.7 Å². The van der Waals surface area contributed by atoms with Crippen LogP contribution < -0.4 is 10.6 Å². The molecule has 0 bridgehead atoms. The number of hydrogen-bond donors (Lipinski definition) is 3. The zero-order valence-electron chi connectivity index (χ0n) is 7.67. The van der Waals surface area contributed by atoms with Crippen molar-refractivity contribution < 1.29 is 5.11 Å². The summed E-state index contributed by atoms with van der Waals surface area (Å²) in [5, 5.41) is 15.8. The summed E-state index contributed by atoms with van der Waals surface area (Å²) in [6, 6.07) is 5.89. The van der Waals surface area contributed by atoms with Crippen molar-refractivity contribution in [3.63, 3.8) is 0 Å². The third-order valence-corrected chi connectivity index (χ3v) is 2.51. The van der Waals surface area contributed by atoms with Crippen LogP contribution in [0.1, 0.15) is 18.0 Å². The largest absolute Gasteiger partial charge is 0.508 e. The maximum atomic E-state index is 9.29. The second-order valence-electron chi connectivity index (χ2n) is 3.33. The highest BCUT2D eigenvalue weighted by atomic mass is 16.3. The molecule has 3 N–H and O–H groups in total. The topological polar surface area (TPSA) is 44.3 Å². The Bertz CT molecular complexity index is 312. The van der Waals surface area contributed by atoms with Crippen LogP contribution in [0.2, 0.25) is 0 Å². The smallest absolute Gasteiger partial charge is 0.117 e. The SMILES string of the molecule is CNC1CCNc2cc(O)ccc21. The van der Waals surface area contributed by atoms with Gasteiger partial charge in [0.05, 0.1) is 0 Å². The van der Waals surface area contributed by atoms with E-state index in [1.54, 1.807) is 12.1 Å². The molecule has 2 rings (SSSR count).